The first-order valence-electron chi connectivity index (χ1n) is 9.01. The minimum absolute atomic E-state index is 0.0649. The highest BCUT2D eigenvalue weighted by molar-refractivity contribution is 5.92. The van der Waals surface area contributed by atoms with Crippen LogP contribution in [0, 0.1) is 6.92 Å². The fourth-order valence-corrected chi connectivity index (χ4v) is 3.77. The number of fused-ring (bicyclic) bond motifs is 1. The van der Waals surface area contributed by atoms with Crippen molar-refractivity contribution < 1.29 is 4.79 Å². The number of amides is 1. The number of imidazole rings is 1. The van der Waals surface area contributed by atoms with E-state index >= 15 is 0 Å². The SMILES string of the molecule is Cc1cc(C(=O)NC2CCCN(c3nc4ccccc4n3C)C2)n(C)n1. The molecule has 1 atom stereocenters. The molecule has 1 aromatic carbocycles. The van der Waals surface area contributed by atoms with Gasteiger partial charge in [-0.15, -0.1) is 0 Å². The molecule has 0 saturated carbocycles. The van der Waals surface area contributed by atoms with E-state index in [0.717, 1.165) is 48.6 Å². The van der Waals surface area contributed by atoms with E-state index < -0.39 is 0 Å². The van der Waals surface area contributed by atoms with Gasteiger partial charge in [0.05, 0.1) is 16.7 Å². The second-order valence-electron chi connectivity index (χ2n) is 7.01. The molecule has 7 nitrogen and oxygen atoms in total. The molecule has 0 aliphatic carbocycles. The Morgan fingerprint density at radius 1 is 1.27 bits per heavy atom. The van der Waals surface area contributed by atoms with Crippen molar-refractivity contribution in [3.8, 4) is 0 Å². The molecule has 0 radical (unpaired) electrons. The molecule has 2 aromatic heterocycles. The first kappa shape index (κ1) is 16.6. The van der Waals surface area contributed by atoms with Crippen LogP contribution in [0.4, 0.5) is 5.95 Å². The Labute approximate surface area is 152 Å². The summed E-state index contributed by atoms with van der Waals surface area (Å²) in [6.45, 7) is 3.61. The first-order chi connectivity index (χ1) is 12.5. The summed E-state index contributed by atoms with van der Waals surface area (Å²) in [4.78, 5) is 19.6. The Kier molecular flexibility index (Phi) is 4.14. The molecule has 1 aliphatic rings. The van der Waals surface area contributed by atoms with E-state index in [9.17, 15) is 4.79 Å². The highest BCUT2D eigenvalue weighted by Gasteiger charge is 2.25. The largest absolute Gasteiger partial charge is 0.346 e. The summed E-state index contributed by atoms with van der Waals surface area (Å²) in [5, 5.41) is 7.42. The van der Waals surface area contributed by atoms with Gasteiger partial charge in [0, 0.05) is 33.2 Å². The van der Waals surface area contributed by atoms with Crippen LogP contribution in [0.15, 0.2) is 30.3 Å². The number of hydrogen-bond donors (Lipinski definition) is 1. The van der Waals surface area contributed by atoms with Crippen molar-refractivity contribution in [1.82, 2.24) is 24.6 Å². The summed E-state index contributed by atoms with van der Waals surface area (Å²) in [6, 6.07) is 10.1. The molecule has 1 unspecified atom stereocenters. The minimum atomic E-state index is -0.0649. The second kappa shape index (κ2) is 6.48. The second-order valence-corrected chi connectivity index (χ2v) is 7.01. The monoisotopic (exact) mass is 352 g/mol. The van der Waals surface area contributed by atoms with E-state index in [1.165, 1.54) is 0 Å². The van der Waals surface area contributed by atoms with Gasteiger partial charge in [0.15, 0.2) is 0 Å². The van der Waals surface area contributed by atoms with E-state index in [4.69, 9.17) is 4.98 Å². The number of carbonyl (C=O) groups is 1. The minimum Gasteiger partial charge on any atom is -0.346 e. The first-order valence-corrected chi connectivity index (χ1v) is 9.01. The quantitative estimate of drug-likeness (QED) is 0.783. The van der Waals surface area contributed by atoms with Gasteiger partial charge < -0.3 is 14.8 Å². The number of piperidine rings is 1. The number of benzene rings is 1. The van der Waals surface area contributed by atoms with Crippen molar-refractivity contribution in [2.24, 2.45) is 14.1 Å². The average molecular weight is 352 g/mol. The van der Waals surface area contributed by atoms with Crippen molar-refractivity contribution >= 4 is 22.9 Å². The summed E-state index contributed by atoms with van der Waals surface area (Å²) < 4.78 is 3.76. The molecule has 136 valence electrons. The predicted molar refractivity (Wildman–Crippen MR) is 101 cm³/mol. The number of aryl methyl sites for hydroxylation is 3. The van der Waals surface area contributed by atoms with Crippen LogP contribution in [0.2, 0.25) is 0 Å². The maximum atomic E-state index is 12.6. The van der Waals surface area contributed by atoms with E-state index in [0.29, 0.717) is 5.69 Å². The van der Waals surface area contributed by atoms with Crippen LogP contribution in [0.1, 0.15) is 29.0 Å². The van der Waals surface area contributed by atoms with Crippen LogP contribution in [0.25, 0.3) is 11.0 Å². The molecule has 3 heterocycles. The normalized spacial score (nSPS) is 17.7. The van der Waals surface area contributed by atoms with Gasteiger partial charge in [-0.3, -0.25) is 9.48 Å². The maximum Gasteiger partial charge on any atom is 0.269 e. The molecule has 4 rings (SSSR count). The standard InChI is InChI=1S/C19H24N6O/c1-13-11-17(24(3)22-13)18(26)20-14-7-6-10-25(12-14)19-21-15-8-4-5-9-16(15)23(19)2/h4-5,8-9,11,14H,6-7,10,12H2,1-3H3,(H,20,26). The van der Waals surface area contributed by atoms with Crippen LogP contribution in [0.5, 0.6) is 0 Å². The van der Waals surface area contributed by atoms with Crippen molar-refractivity contribution in [1.29, 1.82) is 0 Å². The number of para-hydroxylation sites is 2. The van der Waals surface area contributed by atoms with E-state index in [-0.39, 0.29) is 11.9 Å². The molecule has 1 aliphatic heterocycles. The lowest BCUT2D eigenvalue weighted by atomic mass is 10.1. The maximum absolute atomic E-state index is 12.6. The number of nitrogens with one attached hydrogen (secondary N) is 1. The molecule has 1 amide bonds. The molecule has 7 heteroatoms. The number of carbonyl (C=O) groups excluding carboxylic acids is 1. The van der Waals surface area contributed by atoms with Crippen molar-refractivity contribution in [2.45, 2.75) is 25.8 Å². The van der Waals surface area contributed by atoms with Crippen LogP contribution in [-0.4, -0.2) is 44.4 Å². The summed E-state index contributed by atoms with van der Waals surface area (Å²) in [5.41, 5.74) is 3.57. The zero-order valence-corrected chi connectivity index (χ0v) is 15.4. The Hall–Kier alpha value is -2.83. The molecule has 0 spiro atoms. The highest BCUT2D eigenvalue weighted by Crippen LogP contribution is 2.24. The Morgan fingerprint density at radius 3 is 2.81 bits per heavy atom. The van der Waals surface area contributed by atoms with Gasteiger partial charge in [0.1, 0.15) is 5.69 Å². The summed E-state index contributed by atoms with van der Waals surface area (Å²) in [6.07, 6.45) is 2.00. The van der Waals surface area contributed by atoms with E-state index in [1.807, 2.05) is 38.2 Å². The third-order valence-corrected chi connectivity index (χ3v) is 5.04. The van der Waals surface area contributed by atoms with E-state index in [2.05, 4.69) is 25.9 Å². The van der Waals surface area contributed by atoms with Crippen molar-refractivity contribution in [2.75, 3.05) is 18.0 Å². The lowest BCUT2D eigenvalue weighted by Crippen LogP contribution is -2.48. The van der Waals surface area contributed by atoms with Crippen LogP contribution in [-0.2, 0) is 14.1 Å². The number of hydrogen-bond acceptors (Lipinski definition) is 4. The molecule has 1 N–H and O–H groups in total. The molecule has 0 bridgehead atoms. The van der Waals surface area contributed by atoms with E-state index in [1.54, 1.807) is 11.7 Å². The molecular formula is C19H24N6O. The van der Waals surface area contributed by atoms with Gasteiger partial charge in [0.25, 0.3) is 5.91 Å². The fraction of sp³-hybridized carbons (Fsp3) is 0.421. The summed E-state index contributed by atoms with van der Waals surface area (Å²) in [5.74, 6) is 0.895. The molecule has 1 saturated heterocycles. The van der Waals surface area contributed by atoms with Gasteiger partial charge >= 0.3 is 0 Å². The number of anilines is 1. The summed E-state index contributed by atoms with van der Waals surface area (Å²) >= 11 is 0. The Bertz CT molecular complexity index is 956. The van der Waals surface area contributed by atoms with Crippen LogP contribution in [0.3, 0.4) is 0 Å². The summed E-state index contributed by atoms with van der Waals surface area (Å²) in [7, 11) is 3.85. The molecular weight excluding hydrogens is 328 g/mol. The van der Waals surface area contributed by atoms with Gasteiger partial charge in [0.2, 0.25) is 5.95 Å². The number of aromatic nitrogens is 4. The Balaban J connectivity index is 1.51. The average Bonchev–Trinajstić information content (AvgIpc) is 3.15. The highest BCUT2D eigenvalue weighted by atomic mass is 16.2. The Morgan fingerprint density at radius 2 is 2.08 bits per heavy atom. The van der Waals surface area contributed by atoms with Crippen molar-refractivity contribution in [3.63, 3.8) is 0 Å². The zero-order valence-electron chi connectivity index (χ0n) is 15.4. The molecule has 3 aromatic rings. The lowest BCUT2D eigenvalue weighted by molar-refractivity contribution is 0.0923. The molecule has 1 fully saturated rings. The van der Waals surface area contributed by atoms with Gasteiger partial charge in [-0.2, -0.15) is 5.10 Å². The zero-order chi connectivity index (χ0) is 18.3. The molecule has 26 heavy (non-hydrogen) atoms. The fourth-order valence-electron chi connectivity index (χ4n) is 3.77. The lowest BCUT2D eigenvalue weighted by Gasteiger charge is -2.33. The number of rotatable bonds is 3. The van der Waals surface area contributed by atoms with Gasteiger partial charge in [-0.05, 0) is 38.0 Å². The predicted octanol–water partition coefficient (Wildman–Crippen LogP) is 2.01. The van der Waals surface area contributed by atoms with Crippen molar-refractivity contribution in [3.05, 3.63) is 41.7 Å². The topological polar surface area (TPSA) is 68.0 Å². The third-order valence-electron chi connectivity index (χ3n) is 5.04. The third kappa shape index (κ3) is 2.94. The smallest absolute Gasteiger partial charge is 0.269 e. The van der Waals surface area contributed by atoms with Gasteiger partial charge in [-0.1, -0.05) is 12.1 Å². The van der Waals surface area contributed by atoms with Crippen LogP contribution < -0.4 is 10.2 Å². The van der Waals surface area contributed by atoms with Gasteiger partial charge in [-0.25, -0.2) is 4.98 Å². The van der Waals surface area contributed by atoms with Crippen LogP contribution >= 0.6 is 0 Å². The number of nitrogens with zero attached hydrogens (tertiary/aromatic N) is 5.